The van der Waals surface area contributed by atoms with Gasteiger partial charge in [0.2, 0.25) is 0 Å². The second-order valence-electron chi connectivity index (χ2n) is 4.70. The number of nitrogens with zero attached hydrogens (tertiary/aromatic N) is 1. The number of halogens is 5. The molecule has 0 spiro atoms. The fourth-order valence-corrected chi connectivity index (χ4v) is 2.01. The molecule has 0 bridgehead atoms. The first-order valence-corrected chi connectivity index (χ1v) is 7.60. The van der Waals surface area contributed by atoms with Gasteiger partial charge in [-0.15, -0.1) is 0 Å². The standard InChI is InChI=1S/C14H17Cl2F3N2O2/c1-2-21(9-14(17,18)19)6-5-20-13(22)8-23-10-3-4-11(15)12(16)7-10/h3-4,7H,2,5-6,8-9H2,1H3,(H,20,22). The lowest BCUT2D eigenvalue weighted by molar-refractivity contribution is -0.145. The summed E-state index contributed by atoms with van der Waals surface area (Å²) in [6.45, 7) is 0.820. The van der Waals surface area contributed by atoms with E-state index < -0.39 is 18.6 Å². The highest BCUT2D eigenvalue weighted by Gasteiger charge is 2.29. The van der Waals surface area contributed by atoms with Crippen LogP contribution in [0.4, 0.5) is 13.2 Å². The van der Waals surface area contributed by atoms with Gasteiger partial charge in [0, 0.05) is 19.2 Å². The maximum atomic E-state index is 12.3. The van der Waals surface area contributed by atoms with Crippen molar-refractivity contribution in [3.8, 4) is 5.75 Å². The van der Waals surface area contributed by atoms with Crippen LogP contribution in [0.3, 0.4) is 0 Å². The lowest BCUT2D eigenvalue weighted by atomic mass is 10.3. The van der Waals surface area contributed by atoms with Crippen molar-refractivity contribution in [3.05, 3.63) is 28.2 Å². The van der Waals surface area contributed by atoms with E-state index in [9.17, 15) is 18.0 Å². The van der Waals surface area contributed by atoms with Gasteiger partial charge >= 0.3 is 6.18 Å². The van der Waals surface area contributed by atoms with Gasteiger partial charge in [-0.1, -0.05) is 30.1 Å². The van der Waals surface area contributed by atoms with Crippen LogP contribution in [0, 0.1) is 0 Å². The second-order valence-corrected chi connectivity index (χ2v) is 5.51. The van der Waals surface area contributed by atoms with Crippen molar-refractivity contribution in [2.75, 3.05) is 32.8 Å². The summed E-state index contributed by atoms with van der Waals surface area (Å²) in [6.07, 6.45) is -4.25. The SMILES string of the molecule is CCN(CCNC(=O)COc1ccc(Cl)c(Cl)c1)CC(F)(F)F. The van der Waals surface area contributed by atoms with Gasteiger partial charge in [0.05, 0.1) is 16.6 Å². The van der Waals surface area contributed by atoms with Crippen LogP contribution < -0.4 is 10.1 Å². The third kappa shape index (κ3) is 8.29. The van der Waals surface area contributed by atoms with Crippen molar-refractivity contribution in [1.29, 1.82) is 0 Å². The maximum absolute atomic E-state index is 12.3. The molecule has 130 valence electrons. The highest BCUT2D eigenvalue weighted by molar-refractivity contribution is 6.42. The van der Waals surface area contributed by atoms with Crippen molar-refractivity contribution < 1.29 is 22.7 Å². The molecule has 1 amide bonds. The number of nitrogens with one attached hydrogen (secondary N) is 1. The lowest BCUT2D eigenvalue weighted by Crippen LogP contribution is -2.40. The van der Waals surface area contributed by atoms with Crippen molar-refractivity contribution in [2.45, 2.75) is 13.1 Å². The lowest BCUT2D eigenvalue weighted by Gasteiger charge is -2.21. The summed E-state index contributed by atoms with van der Waals surface area (Å²) < 4.78 is 42.1. The molecule has 23 heavy (non-hydrogen) atoms. The minimum Gasteiger partial charge on any atom is -0.484 e. The number of hydrogen-bond donors (Lipinski definition) is 1. The van der Waals surface area contributed by atoms with E-state index in [0.717, 1.165) is 0 Å². The average Bonchev–Trinajstić information content (AvgIpc) is 2.46. The molecule has 0 unspecified atom stereocenters. The Balaban J connectivity index is 2.29. The molecule has 0 heterocycles. The van der Waals surface area contributed by atoms with Crippen LogP contribution in [-0.4, -0.2) is 49.8 Å². The van der Waals surface area contributed by atoms with Crippen molar-refractivity contribution >= 4 is 29.1 Å². The molecular formula is C14H17Cl2F3N2O2. The predicted molar refractivity (Wildman–Crippen MR) is 83.1 cm³/mol. The number of carbonyl (C=O) groups is 1. The number of benzene rings is 1. The van der Waals surface area contributed by atoms with E-state index in [1.807, 2.05) is 0 Å². The average molecular weight is 373 g/mol. The van der Waals surface area contributed by atoms with Crippen LogP contribution in [0.5, 0.6) is 5.75 Å². The van der Waals surface area contributed by atoms with Gasteiger partial charge in [-0.05, 0) is 18.7 Å². The minimum absolute atomic E-state index is 0.105. The maximum Gasteiger partial charge on any atom is 0.401 e. The van der Waals surface area contributed by atoms with E-state index in [2.05, 4.69) is 5.32 Å². The zero-order valence-electron chi connectivity index (χ0n) is 12.4. The molecule has 0 aliphatic heterocycles. The summed E-state index contributed by atoms with van der Waals surface area (Å²) in [5, 5.41) is 3.17. The molecule has 0 aliphatic rings. The van der Waals surface area contributed by atoms with Crippen LogP contribution in [0.2, 0.25) is 10.0 Å². The molecule has 9 heteroatoms. The molecule has 0 radical (unpaired) electrons. The largest absolute Gasteiger partial charge is 0.484 e. The number of rotatable bonds is 8. The van der Waals surface area contributed by atoms with Crippen LogP contribution in [0.15, 0.2) is 18.2 Å². The highest BCUT2D eigenvalue weighted by Crippen LogP contribution is 2.26. The first-order chi connectivity index (χ1) is 10.7. The van der Waals surface area contributed by atoms with Crippen LogP contribution in [-0.2, 0) is 4.79 Å². The van der Waals surface area contributed by atoms with Gasteiger partial charge in [0.1, 0.15) is 5.75 Å². The topological polar surface area (TPSA) is 41.6 Å². The third-order valence-electron chi connectivity index (χ3n) is 2.86. The summed E-state index contributed by atoms with van der Waals surface area (Å²) in [6, 6.07) is 4.57. The number of amides is 1. The Morgan fingerprint density at radius 2 is 2.00 bits per heavy atom. The molecule has 4 nitrogen and oxygen atoms in total. The van der Waals surface area contributed by atoms with Gasteiger partial charge in [0.25, 0.3) is 5.91 Å². The Bertz CT molecular complexity index is 527. The van der Waals surface area contributed by atoms with Crippen LogP contribution in [0.25, 0.3) is 0 Å². The number of alkyl halides is 3. The summed E-state index contributed by atoms with van der Waals surface area (Å²) in [4.78, 5) is 12.8. The zero-order valence-corrected chi connectivity index (χ0v) is 13.9. The fraction of sp³-hybridized carbons (Fsp3) is 0.500. The van der Waals surface area contributed by atoms with Gasteiger partial charge in [-0.3, -0.25) is 9.69 Å². The smallest absolute Gasteiger partial charge is 0.401 e. The fourth-order valence-electron chi connectivity index (χ4n) is 1.72. The molecule has 0 aliphatic carbocycles. The molecule has 1 N–H and O–H groups in total. The first-order valence-electron chi connectivity index (χ1n) is 6.85. The van der Waals surface area contributed by atoms with E-state index in [1.54, 1.807) is 13.0 Å². The molecule has 0 atom stereocenters. The van der Waals surface area contributed by atoms with Gasteiger partial charge in [0.15, 0.2) is 6.61 Å². The Labute approximate surface area is 142 Å². The van der Waals surface area contributed by atoms with Crippen molar-refractivity contribution in [2.24, 2.45) is 0 Å². The first kappa shape index (κ1) is 19.9. The molecule has 0 aromatic heterocycles. The molecule has 0 saturated heterocycles. The predicted octanol–water partition coefficient (Wildman–Crippen LogP) is 3.37. The summed E-state index contributed by atoms with van der Waals surface area (Å²) in [5.74, 6) is -0.0547. The summed E-state index contributed by atoms with van der Waals surface area (Å²) >= 11 is 11.6. The molecule has 1 aromatic rings. The van der Waals surface area contributed by atoms with Crippen molar-refractivity contribution in [1.82, 2.24) is 10.2 Å². The third-order valence-corrected chi connectivity index (χ3v) is 3.60. The molecule has 1 aromatic carbocycles. The number of hydrogen-bond acceptors (Lipinski definition) is 3. The summed E-state index contributed by atoms with van der Waals surface area (Å²) in [5.41, 5.74) is 0. The van der Waals surface area contributed by atoms with Crippen LogP contribution >= 0.6 is 23.2 Å². The van der Waals surface area contributed by atoms with E-state index in [-0.39, 0.29) is 26.2 Å². The van der Waals surface area contributed by atoms with E-state index in [4.69, 9.17) is 27.9 Å². The highest BCUT2D eigenvalue weighted by atomic mass is 35.5. The Kier molecular flexibility index (Phi) is 7.94. The zero-order chi connectivity index (χ0) is 17.5. The van der Waals surface area contributed by atoms with E-state index in [1.165, 1.54) is 17.0 Å². The summed E-state index contributed by atoms with van der Waals surface area (Å²) in [7, 11) is 0. The Morgan fingerprint density at radius 3 is 2.57 bits per heavy atom. The molecule has 0 fully saturated rings. The van der Waals surface area contributed by atoms with Gasteiger partial charge < -0.3 is 10.1 Å². The Morgan fingerprint density at radius 1 is 1.30 bits per heavy atom. The minimum atomic E-state index is -4.25. The van der Waals surface area contributed by atoms with Gasteiger partial charge in [-0.25, -0.2) is 0 Å². The molecule has 0 saturated carbocycles. The van der Waals surface area contributed by atoms with E-state index >= 15 is 0 Å². The number of ether oxygens (including phenoxy) is 1. The van der Waals surface area contributed by atoms with Gasteiger partial charge in [-0.2, -0.15) is 13.2 Å². The van der Waals surface area contributed by atoms with E-state index in [0.29, 0.717) is 15.8 Å². The normalized spacial score (nSPS) is 11.6. The monoisotopic (exact) mass is 372 g/mol. The molecular weight excluding hydrogens is 356 g/mol. The Hall–Kier alpha value is -1.18. The number of carbonyl (C=O) groups excluding carboxylic acids is 1. The van der Waals surface area contributed by atoms with Crippen LogP contribution in [0.1, 0.15) is 6.92 Å². The quantitative estimate of drug-likeness (QED) is 0.760. The van der Waals surface area contributed by atoms with Crippen molar-refractivity contribution in [3.63, 3.8) is 0 Å². The number of likely N-dealkylation sites (N-methyl/N-ethyl adjacent to an activating group) is 1. The second kappa shape index (κ2) is 9.20. The molecule has 1 rings (SSSR count).